The van der Waals surface area contributed by atoms with Gasteiger partial charge in [0.2, 0.25) is 0 Å². The summed E-state index contributed by atoms with van der Waals surface area (Å²) in [7, 11) is 3.99. The van der Waals surface area contributed by atoms with Gasteiger partial charge >= 0.3 is 0 Å². The van der Waals surface area contributed by atoms with Crippen molar-refractivity contribution in [2.45, 2.75) is 6.92 Å². The van der Waals surface area contributed by atoms with E-state index in [1.165, 1.54) is 0 Å². The number of nitriles is 1. The van der Waals surface area contributed by atoms with Crippen LogP contribution in [0.25, 0.3) is 0 Å². The molecular weight excluding hydrogens is 148 g/mol. The van der Waals surface area contributed by atoms with Crippen LogP contribution in [-0.4, -0.2) is 14.1 Å². The van der Waals surface area contributed by atoms with Crippen LogP contribution in [-0.2, 0) is 0 Å². The number of anilines is 1. The number of benzene rings is 1. The van der Waals surface area contributed by atoms with Crippen molar-refractivity contribution in [3.8, 4) is 6.07 Å². The van der Waals surface area contributed by atoms with Crippen LogP contribution >= 0.6 is 0 Å². The Kier molecular flexibility index (Phi) is 2.35. The molecule has 0 saturated carbocycles. The summed E-state index contributed by atoms with van der Waals surface area (Å²) < 4.78 is 0. The van der Waals surface area contributed by atoms with Crippen LogP contribution in [0.5, 0.6) is 0 Å². The molecule has 0 atom stereocenters. The van der Waals surface area contributed by atoms with E-state index in [1.54, 1.807) is 0 Å². The van der Waals surface area contributed by atoms with Crippen molar-refractivity contribution >= 4 is 5.69 Å². The molecule has 2 heteroatoms. The summed E-state index contributed by atoms with van der Waals surface area (Å²) in [6.07, 6.45) is 0. The largest absolute Gasteiger partial charge is 0.377 e. The number of nitrogens with zero attached hydrogens (tertiary/aromatic N) is 2. The molecule has 0 bridgehead atoms. The van der Waals surface area contributed by atoms with E-state index in [1.807, 2.05) is 44.1 Å². The van der Waals surface area contributed by atoms with E-state index < -0.39 is 0 Å². The first kappa shape index (κ1) is 8.61. The Morgan fingerprint density at radius 3 is 2.42 bits per heavy atom. The topological polar surface area (TPSA) is 27.0 Å². The zero-order valence-electron chi connectivity index (χ0n) is 7.63. The summed E-state index contributed by atoms with van der Waals surface area (Å²) in [5.74, 6) is 0. The number of hydrogen-bond acceptors (Lipinski definition) is 2. The fourth-order valence-electron chi connectivity index (χ4n) is 1.23. The summed E-state index contributed by atoms with van der Waals surface area (Å²) in [4.78, 5) is 2.04. The highest BCUT2D eigenvalue weighted by Gasteiger charge is 2.00. The van der Waals surface area contributed by atoms with Gasteiger partial charge in [0.05, 0.1) is 11.6 Å². The molecule has 0 amide bonds. The van der Waals surface area contributed by atoms with E-state index in [-0.39, 0.29) is 0 Å². The minimum absolute atomic E-state index is 0.720. The third-order valence-electron chi connectivity index (χ3n) is 1.81. The lowest BCUT2D eigenvalue weighted by Gasteiger charge is -2.14. The molecule has 62 valence electrons. The van der Waals surface area contributed by atoms with Gasteiger partial charge in [-0.2, -0.15) is 5.26 Å². The van der Waals surface area contributed by atoms with Gasteiger partial charge in [-0.15, -0.1) is 0 Å². The molecule has 0 N–H and O–H groups in total. The summed E-state index contributed by atoms with van der Waals surface area (Å²) in [5, 5.41) is 8.63. The molecule has 0 aliphatic heterocycles. The Morgan fingerprint density at radius 2 is 2.00 bits per heavy atom. The quantitative estimate of drug-likeness (QED) is 0.627. The molecule has 0 radical (unpaired) electrons. The maximum atomic E-state index is 8.63. The smallest absolute Gasteiger partial charge is 0.0991 e. The van der Waals surface area contributed by atoms with E-state index in [2.05, 4.69) is 6.07 Å². The van der Waals surface area contributed by atoms with Gasteiger partial charge in [-0.25, -0.2) is 0 Å². The zero-order valence-corrected chi connectivity index (χ0v) is 7.63. The number of hydrogen-bond donors (Lipinski definition) is 0. The maximum Gasteiger partial charge on any atom is 0.0991 e. The molecule has 0 unspecified atom stereocenters. The van der Waals surface area contributed by atoms with Crippen molar-refractivity contribution in [1.29, 1.82) is 5.26 Å². The molecule has 1 aromatic carbocycles. The van der Waals surface area contributed by atoms with Crippen LogP contribution in [0, 0.1) is 18.3 Å². The van der Waals surface area contributed by atoms with Gasteiger partial charge in [-0.3, -0.25) is 0 Å². The minimum Gasteiger partial charge on any atom is -0.377 e. The van der Waals surface area contributed by atoms with Crippen LogP contribution < -0.4 is 4.90 Å². The summed E-state index contributed by atoms with van der Waals surface area (Å²) in [5.41, 5.74) is 3.02. The standard InChI is InChI=1S/C10H12N2/c1-8-6-9(7-11)4-5-10(8)12(2)3/h4-6H,1-3H3. The Morgan fingerprint density at radius 1 is 1.33 bits per heavy atom. The number of aryl methyl sites for hydroxylation is 1. The van der Waals surface area contributed by atoms with Crippen molar-refractivity contribution in [3.05, 3.63) is 29.3 Å². The van der Waals surface area contributed by atoms with Gasteiger partial charge in [0.1, 0.15) is 0 Å². The Labute approximate surface area is 73.0 Å². The van der Waals surface area contributed by atoms with Crippen LogP contribution in [0.2, 0.25) is 0 Å². The van der Waals surface area contributed by atoms with Crippen LogP contribution in [0.1, 0.15) is 11.1 Å². The van der Waals surface area contributed by atoms with Crippen molar-refractivity contribution in [2.24, 2.45) is 0 Å². The van der Waals surface area contributed by atoms with Crippen molar-refractivity contribution < 1.29 is 0 Å². The van der Waals surface area contributed by atoms with Gasteiger partial charge in [0.25, 0.3) is 0 Å². The van der Waals surface area contributed by atoms with Crippen LogP contribution in [0.3, 0.4) is 0 Å². The summed E-state index contributed by atoms with van der Waals surface area (Å²) in [6, 6.07) is 7.82. The third kappa shape index (κ3) is 1.57. The first-order valence-electron chi connectivity index (χ1n) is 3.83. The van der Waals surface area contributed by atoms with E-state index >= 15 is 0 Å². The first-order chi connectivity index (χ1) is 5.65. The van der Waals surface area contributed by atoms with E-state index in [0.29, 0.717) is 0 Å². The molecule has 0 aliphatic carbocycles. The lowest BCUT2D eigenvalue weighted by atomic mass is 10.1. The number of rotatable bonds is 1. The summed E-state index contributed by atoms with van der Waals surface area (Å²) in [6.45, 7) is 2.01. The molecule has 0 fully saturated rings. The fraction of sp³-hybridized carbons (Fsp3) is 0.300. The predicted molar refractivity (Wildman–Crippen MR) is 50.2 cm³/mol. The third-order valence-corrected chi connectivity index (χ3v) is 1.81. The molecular formula is C10H12N2. The Bertz CT molecular complexity index is 321. The maximum absolute atomic E-state index is 8.63. The van der Waals surface area contributed by atoms with E-state index in [0.717, 1.165) is 16.8 Å². The Hall–Kier alpha value is -1.49. The van der Waals surface area contributed by atoms with Crippen LogP contribution in [0.15, 0.2) is 18.2 Å². The first-order valence-corrected chi connectivity index (χ1v) is 3.83. The molecule has 0 spiro atoms. The van der Waals surface area contributed by atoms with Gasteiger partial charge in [0.15, 0.2) is 0 Å². The normalized spacial score (nSPS) is 9.17. The second kappa shape index (κ2) is 3.27. The highest BCUT2D eigenvalue weighted by atomic mass is 15.1. The molecule has 12 heavy (non-hydrogen) atoms. The Balaban J connectivity index is 3.14. The average molecular weight is 160 g/mol. The molecule has 0 saturated heterocycles. The van der Waals surface area contributed by atoms with Gasteiger partial charge in [-0.05, 0) is 30.7 Å². The summed E-state index contributed by atoms with van der Waals surface area (Å²) >= 11 is 0. The zero-order chi connectivity index (χ0) is 9.14. The van der Waals surface area contributed by atoms with Crippen LogP contribution in [0.4, 0.5) is 5.69 Å². The van der Waals surface area contributed by atoms with Gasteiger partial charge in [-0.1, -0.05) is 0 Å². The lowest BCUT2D eigenvalue weighted by Crippen LogP contribution is -2.09. The van der Waals surface area contributed by atoms with Gasteiger partial charge < -0.3 is 4.90 Å². The van der Waals surface area contributed by atoms with Crippen molar-refractivity contribution in [2.75, 3.05) is 19.0 Å². The highest BCUT2D eigenvalue weighted by molar-refractivity contribution is 5.54. The molecule has 0 aliphatic rings. The second-order valence-corrected chi connectivity index (χ2v) is 3.01. The van der Waals surface area contributed by atoms with Gasteiger partial charge in [0, 0.05) is 19.8 Å². The lowest BCUT2D eigenvalue weighted by molar-refractivity contribution is 1.11. The van der Waals surface area contributed by atoms with Crippen molar-refractivity contribution in [3.63, 3.8) is 0 Å². The molecule has 0 heterocycles. The fourth-order valence-corrected chi connectivity index (χ4v) is 1.23. The highest BCUT2D eigenvalue weighted by Crippen LogP contribution is 2.18. The monoisotopic (exact) mass is 160 g/mol. The van der Waals surface area contributed by atoms with Crippen molar-refractivity contribution in [1.82, 2.24) is 0 Å². The molecule has 1 rings (SSSR count). The second-order valence-electron chi connectivity index (χ2n) is 3.01. The molecule has 0 aromatic heterocycles. The molecule has 2 nitrogen and oxygen atoms in total. The minimum atomic E-state index is 0.720. The molecule has 1 aromatic rings. The van der Waals surface area contributed by atoms with E-state index in [4.69, 9.17) is 5.26 Å². The predicted octanol–water partition coefficient (Wildman–Crippen LogP) is 1.93. The van der Waals surface area contributed by atoms with E-state index in [9.17, 15) is 0 Å². The SMILES string of the molecule is Cc1cc(C#N)ccc1N(C)C. The average Bonchev–Trinajstić information content (AvgIpc) is 2.03.